The van der Waals surface area contributed by atoms with Crippen LogP contribution in [0.15, 0.2) is 22.7 Å². The van der Waals surface area contributed by atoms with Gasteiger partial charge in [-0.05, 0) is 65.3 Å². The van der Waals surface area contributed by atoms with E-state index in [-0.39, 0.29) is 0 Å². The fourth-order valence-electron chi connectivity index (χ4n) is 2.50. The molecule has 2 N–H and O–H groups in total. The Hall–Kier alpha value is -0.540. The molecule has 1 saturated heterocycles. The first kappa shape index (κ1) is 11.9. The molecule has 1 aromatic rings. The van der Waals surface area contributed by atoms with Crippen LogP contribution in [-0.2, 0) is 0 Å². The van der Waals surface area contributed by atoms with Crippen LogP contribution in [0.4, 0.5) is 0 Å². The molecule has 16 heavy (non-hydrogen) atoms. The van der Waals surface area contributed by atoms with Gasteiger partial charge in [0.25, 0.3) is 0 Å². The Morgan fingerprint density at radius 3 is 2.75 bits per heavy atom. The predicted molar refractivity (Wildman–Crippen MR) is 69.8 cm³/mol. The molecule has 0 bridgehead atoms. The molecule has 1 unspecified atom stereocenters. The van der Waals surface area contributed by atoms with Gasteiger partial charge in [-0.15, -0.1) is 0 Å². The summed E-state index contributed by atoms with van der Waals surface area (Å²) in [5.74, 6) is 1.52. The highest BCUT2D eigenvalue weighted by atomic mass is 79.9. The summed E-state index contributed by atoms with van der Waals surface area (Å²) in [5.41, 5.74) is 1.07. The molecular formula is C13H18BrNO. The summed E-state index contributed by atoms with van der Waals surface area (Å²) in [6.45, 7) is 4.42. The molecule has 0 spiro atoms. The van der Waals surface area contributed by atoms with Crippen molar-refractivity contribution in [2.45, 2.75) is 25.7 Å². The normalized spacial score (nSPS) is 19.6. The maximum atomic E-state index is 10.0. The number of phenols is 1. The minimum absolute atomic E-state index is 0.411. The van der Waals surface area contributed by atoms with E-state index in [0.29, 0.717) is 17.6 Å². The fraction of sp³-hybridized carbons (Fsp3) is 0.538. The SMILES string of the molecule is CC(c1cccc(Br)c1O)C1CCNCC1. The summed E-state index contributed by atoms with van der Waals surface area (Å²) in [5, 5.41) is 13.4. The Morgan fingerprint density at radius 2 is 2.06 bits per heavy atom. The number of aromatic hydroxyl groups is 1. The molecule has 1 aromatic carbocycles. The van der Waals surface area contributed by atoms with Crippen LogP contribution in [0, 0.1) is 5.92 Å². The first-order valence-corrected chi connectivity index (χ1v) is 6.67. The van der Waals surface area contributed by atoms with Gasteiger partial charge in [-0.25, -0.2) is 0 Å². The van der Waals surface area contributed by atoms with Crippen molar-refractivity contribution in [2.75, 3.05) is 13.1 Å². The first-order chi connectivity index (χ1) is 7.70. The number of hydrogen-bond acceptors (Lipinski definition) is 2. The van der Waals surface area contributed by atoms with Gasteiger partial charge in [0.15, 0.2) is 0 Å². The second-order valence-electron chi connectivity index (χ2n) is 4.55. The third-order valence-corrected chi connectivity index (χ3v) is 4.24. The zero-order chi connectivity index (χ0) is 11.5. The van der Waals surface area contributed by atoms with Crippen LogP contribution in [-0.4, -0.2) is 18.2 Å². The van der Waals surface area contributed by atoms with Gasteiger partial charge >= 0.3 is 0 Å². The number of nitrogens with one attached hydrogen (secondary N) is 1. The smallest absolute Gasteiger partial charge is 0.133 e. The predicted octanol–water partition coefficient (Wildman–Crippen LogP) is 3.26. The van der Waals surface area contributed by atoms with Gasteiger partial charge in [-0.2, -0.15) is 0 Å². The van der Waals surface area contributed by atoms with Crippen molar-refractivity contribution in [3.8, 4) is 5.75 Å². The Kier molecular flexibility index (Phi) is 3.87. The van der Waals surface area contributed by atoms with Gasteiger partial charge in [0.05, 0.1) is 4.47 Å². The van der Waals surface area contributed by atoms with E-state index in [1.807, 2.05) is 18.2 Å². The number of hydrogen-bond donors (Lipinski definition) is 2. The molecule has 1 heterocycles. The van der Waals surface area contributed by atoms with Gasteiger partial charge in [-0.3, -0.25) is 0 Å². The van der Waals surface area contributed by atoms with Gasteiger partial charge < -0.3 is 10.4 Å². The third kappa shape index (κ3) is 2.41. The number of piperidine rings is 1. The summed E-state index contributed by atoms with van der Waals surface area (Å²) in [4.78, 5) is 0. The van der Waals surface area contributed by atoms with E-state index in [1.165, 1.54) is 12.8 Å². The number of rotatable bonds is 2. The summed E-state index contributed by atoms with van der Waals surface area (Å²) < 4.78 is 0.797. The lowest BCUT2D eigenvalue weighted by Gasteiger charge is -2.29. The lowest BCUT2D eigenvalue weighted by molar-refractivity contribution is 0.324. The van der Waals surface area contributed by atoms with E-state index < -0.39 is 0 Å². The van der Waals surface area contributed by atoms with Gasteiger partial charge in [0.2, 0.25) is 0 Å². The lowest BCUT2D eigenvalue weighted by Crippen LogP contribution is -2.30. The molecule has 2 nitrogen and oxygen atoms in total. The largest absolute Gasteiger partial charge is 0.506 e. The number of phenolic OH excluding ortho intramolecular Hbond substituents is 1. The van der Waals surface area contributed by atoms with Crippen LogP contribution in [0.25, 0.3) is 0 Å². The highest BCUT2D eigenvalue weighted by molar-refractivity contribution is 9.10. The van der Waals surface area contributed by atoms with Gasteiger partial charge in [0, 0.05) is 0 Å². The Labute approximate surface area is 105 Å². The Bertz CT molecular complexity index is 361. The van der Waals surface area contributed by atoms with Crippen LogP contribution in [0.1, 0.15) is 31.2 Å². The summed E-state index contributed by atoms with van der Waals surface area (Å²) in [7, 11) is 0. The van der Waals surface area contributed by atoms with Crippen LogP contribution in [0.3, 0.4) is 0 Å². The summed E-state index contributed by atoms with van der Waals surface area (Å²) >= 11 is 3.38. The van der Waals surface area contributed by atoms with E-state index in [1.54, 1.807) is 0 Å². The van der Waals surface area contributed by atoms with E-state index in [2.05, 4.69) is 28.2 Å². The molecule has 1 aliphatic heterocycles. The molecule has 2 rings (SSSR count). The number of benzene rings is 1. The maximum Gasteiger partial charge on any atom is 0.133 e. The minimum Gasteiger partial charge on any atom is -0.506 e. The second kappa shape index (κ2) is 5.19. The number of para-hydroxylation sites is 1. The Morgan fingerprint density at radius 1 is 1.38 bits per heavy atom. The molecule has 1 fully saturated rings. The van der Waals surface area contributed by atoms with Crippen molar-refractivity contribution < 1.29 is 5.11 Å². The molecule has 0 amide bonds. The topological polar surface area (TPSA) is 32.3 Å². The third-order valence-electron chi connectivity index (χ3n) is 3.60. The van der Waals surface area contributed by atoms with Crippen molar-refractivity contribution in [1.82, 2.24) is 5.32 Å². The van der Waals surface area contributed by atoms with Crippen LogP contribution >= 0.6 is 15.9 Å². The van der Waals surface area contributed by atoms with E-state index >= 15 is 0 Å². The average Bonchev–Trinajstić information content (AvgIpc) is 2.33. The highest BCUT2D eigenvalue weighted by Gasteiger charge is 2.23. The lowest BCUT2D eigenvalue weighted by atomic mass is 9.81. The molecule has 88 valence electrons. The number of halogens is 1. The molecular weight excluding hydrogens is 266 g/mol. The molecule has 0 aromatic heterocycles. The monoisotopic (exact) mass is 283 g/mol. The molecule has 3 heteroatoms. The van der Waals surface area contributed by atoms with E-state index in [4.69, 9.17) is 0 Å². The molecule has 0 aliphatic carbocycles. The minimum atomic E-state index is 0.411. The van der Waals surface area contributed by atoms with Crippen molar-refractivity contribution in [3.63, 3.8) is 0 Å². The zero-order valence-electron chi connectivity index (χ0n) is 9.54. The van der Waals surface area contributed by atoms with E-state index in [0.717, 1.165) is 23.1 Å². The molecule has 1 aliphatic rings. The van der Waals surface area contributed by atoms with Gasteiger partial charge in [-0.1, -0.05) is 19.1 Å². The molecule has 1 atom stereocenters. The first-order valence-electron chi connectivity index (χ1n) is 5.88. The zero-order valence-corrected chi connectivity index (χ0v) is 11.1. The second-order valence-corrected chi connectivity index (χ2v) is 5.41. The highest BCUT2D eigenvalue weighted by Crippen LogP contribution is 2.38. The van der Waals surface area contributed by atoms with Crippen molar-refractivity contribution in [1.29, 1.82) is 0 Å². The summed E-state index contributed by atoms with van der Waals surface area (Å²) in [6.07, 6.45) is 2.40. The standard InChI is InChI=1S/C13H18BrNO/c1-9(10-5-7-15-8-6-10)11-3-2-4-12(14)13(11)16/h2-4,9-10,15-16H,5-8H2,1H3. The average molecular weight is 284 g/mol. The van der Waals surface area contributed by atoms with Gasteiger partial charge in [0.1, 0.15) is 5.75 Å². The van der Waals surface area contributed by atoms with E-state index in [9.17, 15) is 5.11 Å². The maximum absolute atomic E-state index is 10.0. The van der Waals surface area contributed by atoms with Crippen LogP contribution < -0.4 is 5.32 Å². The van der Waals surface area contributed by atoms with Crippen molar-refractivity contribution >= 4 is 15.9 Å². The molecule has 0 saturated carbocycles. The fourth-order valence-corrected chi connectivity index (χ4v) is 2.88. The Balaban J connectivity index is 2.19. The van der Waals surface area contributed by atoms with Crippen LogP contribution in [0.2, 0.25) is 0 Å². The quantitative estimate of drug-likeness (QED) is 0.873. The molecule has 0 radical (unpaired) electrons. The van der Waals surface area contributed by atoms with Crippen molar-refractivity contribution in [2.24, 2.45) is 5.92 Å². The van der Waals surface area contributed by atoms with Crippen LogP contribution in [0.5, 0.6) is 5.75 Å². The van der Waals surface area contributed by atoms with Crippen molar-refractivity contribution in [3.05, 3.63) is 28.2 Å². The summed E-state index contributed by atoms with van der Waals surface area (Å²) in [6, 6.07) is 5.91.